The fourth-order valence-electron chi connectivity index (χ4n) is 2.43. The Morgan fingerprint density at radius 2 is 1.97 bits per heavy atom. The number of anilines is 1. The SMILES string of the molecule is Cn1cc(C(=O)Nc2cc(Oc3cccc(C(F)(F)F)c3)cc([N+](=O)[O-])c2)cn1. The summed E-state index contributed by atoms with van der Waals surface area (Å²) in [5.41, 5.74) is -1.07. The van der Waals surface area contributed by atoms with Gasteiger partial charge in [-0.15, -0.1) is 0 Å². The molecule has 0 aliphatic rings. The van der Waals surface area contributed by atoms with E-state index in [4.69, 9.17) is 4.74 Å². The Morgan fingerprint density at radius 1 is 1.21 bits per heavy atom. The number of carbonyl (C=O) groups is 1. The van der Waals surface area contributed by atoms with Crippen LogP contribution >= 0.6 is 0 Å². The van der Waals surface area contributed by atoms with Crippen LogP contribution in [0, 0.1) is 10.1 Å². The average Bonchev–Trinajstić information content (AvgIpc) is 3.07. The van der Waals surface area contributed by atoms with Crippen molar-refractivity contribution < 1.29 is 27.6 Å². The zero-order chi connectivity index (χ0) is 21.2. The van der Waals surface area contributed by atoms with Gasteiger partial charge in [0, 0.05) is 25.4 Å². The van der Waals surface area contributed by atoms with Crippen molar-refractivity contribution in [3.63, 3.8) is 0 Å². The number of ether oxygens (including phenoxy) is 1. The number of nitro benzene ring substituents is 1. The first-order chi connectivity index (χ1) is 13.6. The average molecular weight is 406 g/mol. The second-order valence-electron chi connectivity index (χ2n) is 5.96. The fourth-order valence-corrected chi connectivity index (χ4v) is 2.43. The number of carbonyl (C=O) groups excluding carboxylic acids is 1. The predicted octanol–water partition coefficient (Wildman–Crippen LogP) is 4.39. The molecule has 0 fully saturated rings. The summed E-state index contributed by atoms with van der Waals surface area (Å²) in [4.78, 5) is 22.7. The van der Waals surface area contributed by atoms with Gasteiger partial charge in [0.05, 0.1) is 34.0 Å². The molecule has 0 unspecified atom stereocenters. The van der Waals surface area contributed by atoms with E-state index in [-0.39, 0.29) is 22.7 Å². The largest absolute Gasteiger partial charge is 0.457 e. The minimum Gasteiger partial charge on any atom is -0.457 e. The first-order valence-electron chi connectivity index (χ1n) is 8.06. The first kappa shape index (κ1) is 19.9. The number of nitro groups is 1. The molecule has 29 heavy (non-hydrogen) atoms. The van der Waals surface area contributed by atoms with Gasteiger partial charge >= 0.3 is 6.18 Å². The molecule has 3 aromatic rings. The van der Waals surface area contributed by atoms with Gasteiger partial charge in [0.2, 0.25) is 0 Å². The van der Waals surface area contributed by atoms with Crippen LogP contribution in [0.3, 0.4) is 0 Å². The molecule has 2 aromatic carbocycles. The van der Waals surface area contributed by atoms with E-state index in [1.165, 1.54) is 29.2 Å². The van der Waals surface area contributed by atoms with Gasteiger partial charge in [-0.3, -0.25) is 19.6 Å². The Hall–Kier alpha value is -3.89. The monoisotopic (exact) mass is 406 g/mol. The van der Waals surface area contributed by atoms with Crippen LogP contribution < -0.4 is 10.1 Å². The normalized spacial score (nSPS) is 11.2. The molecule has 0 atom stereocenters. The van der Waals surface area contributed by atoms with E-state index in [1.54, 1.807) is 7.05 Å². The number of aromatic nitrogens is 2. The van der Waals surface area contributed by atoms with E-state index in [0.29, 0.717) is 0 Å². The van der Waals surface area contributed by atoms with Gasteiger partial charge < -0.3 is 10.1 Å². The van der Waals surface area contributed by atoms with Crippen LogP contribution in [-0.2, 0) is 13.2 Å². The molecular formula is C18H13F3N4O4. The summed E-state index contributed by atoms with van der Waals surface area (Å²) < 4.78 is 45.3. The van der Waals surface area contributed by atoms with Crippen LogP contribution in [0.4, 0.5) is 24.5 Å². The number of non-ortho nitro benzene ring substituents is 1. The third-order valence-corrected chi connectivity index (χ3v) is 3.72. The topological polar surface area (TPSA) is 99.3 Å². The van der Waals surface area contributed by atoms with Crippen LogP contribution in [0.15, 0.2) is 54.9 Å². The minimum atomic E-state index is -4.56. The van der Waals surface area contributed by atoms with Gasteiger partial charge in [-0.05, 0) is 18.2 Å². The van der Waals surface area contributed by atoms with Crippen LogP contribution in [0.25, 0.3) is 0 Å². The molecule has 1 amide bonds. The molecule has 1 heterocycles. The van der Waals surface area contributed by atoms with Crippen LogP contribution in [0.5, 0.6) is 11.5 Å². The molecule has 0 spiro atoms. The molecule has 3 rings (SSSR count). The molecule has 11 heteroatoms. The Labute approximate surface area is 161 Å². The number of halogens is 3. The summed E-state index contributed by atoms with van der Waals surface area (Å²) in [7, 11) is 1.62. The van der Waals surface area contributed by atoms with Gasteiger partial charge in [0.15, 0.2) is 0 Å². The molecule has 0 saturated heterocycles. The molecule has 8 nitrogen and oxygen atoms in total. The summed E-state index contributed by atoms with van der Waals surface area (Å²) in [6.45, 7) is 0. The molecule has 0 radical (unpaired) electrons. The Balaban J connectivity index is 1.89. The van der Waals surface area contributed by atoms with Crippen LogP contribution in [-0.4, -0.2) is 20.6 Å². The fraction of sp³-hybridized carbons (Fsp3) is 0.111. The lowest BCUT2D eigenvalue weighted by molar-refractivity contribution is -0.384. The summed E-state index contributed by atoms with van der Waals surface area (Å²) in [5.74, 6) is -0.839. The van der Waals surface area contributed by atoms with E-state index >= 15 is 0 Å². The molecule has 0 aliphatic carbocycles. The summed E-state index contributed by atoms with van der Waals surface area (Å²) in [6, 6.07) is 7.49. The molecule has 1 N–H and O–H groups in total. The number of aryl methyl sites for hydroxylation is 1. The highest BCUT2D eigenvalue weighted by Gasteiger charge is 2.30. The van der Waals surface area contributed by atoms with Gasteiger partial charge in [-0.25, -0.2) is 0 Å². The Bertz CT molecular complexity index is 1080. The molecule has 1 aromatic heterocycles. The van der Waals surface area contributed by atoms with Crippen molar-refractivity contribution in [1.82, 2.24) is 9.78 Å². The van der Waals surface area contributed by atoms with Crippen molar-refractivity contribution in [3.05, 3.63) is 76.1 Å². The highest BCUT2D eigenvalue weighted by atomic mass is 19.4. The quantitative estimate of drug-likeness (QED) is 0.500. The van der Waals surface area contributed by atoms with Crippen LogP contribution in [0.1, 0.15) is 15.9 Å². The highest BCUT2D eigenvalue weighted by Crippen LogP contribution is 2.34. The number of hydrogen-bond acceptors (Lipinski definition) is 5. The summed E-state index contributed by atoms with van der Waals surface area (Å²) in [5, 5.41) is 17.5. The van der Waals surface area contributed by atoms with Crippen molar-refractivity contribution in [3.8, 4) is 11.5 Å². The minimum absolute atomic E-state index is 0.0371. The van der Waals surface area contributed by atoms with Crippen molar-refractivity contribution in [2.45, 2.75) is 6.18 Å². The van der Waals surface area contributed by atoms with Crippen LogP contribution in [0.2, 0.25) is 0 Å². The molecule has 0 aliphatic heterocycles. The standard InChI is InChI=1S/C18H13F3N4O4/c1-24-10-11(9-22-24)17(26)23-13-6-14(25(27)28)8-16(7-13)29-15-4-2-3-12(5-15)18(19,20)21/h2-10H,1H3,(H,23,26). The van der Waals surface area contributed by atoms with E-state index in [2.05, 4.69) is 10.4 Å². The highest BCUT2D eigenvalue weighted by molar-refractivity contribution is 6.04. The van der Waals surface area contributed by atoms with E-state index in [0.717, 1.165) is 30.3 Å². The van der Waals surface area contributed by atoms with E-state index in [1.807, 2.05) is 0 Å². The van der Waals surface area contributed by atoms with Gasteiger partial charge in [0.1, 0.15) is 11.5 Å². The second-order valence-corrected chi connectivity index (χ2v) is 5.96. The van der Waals surface area contributed by atoms with Gasteiger partial charge in [0.25, 0.3) is 11.6 Å². The predicted molar refractivity (Wildman–Crippen MR) is 95.8 cm³/mol. The van der Waals surface area contributed by atoms with Crippen molar-refractivity contribution in [1.29, 1.82) is 0 Å². The number of benzene rings is 2. The maximum atomic E-state index is 12.8. The molecular weight excluding hydrogens is 393 g/mol. The lowest BCUT2D eigenvalue weighted by atomic mass is 10.2. The number of amides is 1. The maximum Gasteiger partial charge on any atom is 0.416 e. The third-order valence-electron chi connectivity index (χ3n) is 3.72. The summed E-state index contributed by atoms with van der Waals surface area (Å²) in [6.07, 6.45) is -1.80. The lowest BCUT2D eigenvalue weighted by Gasteiger charge is -2.11. The van der Waals surface area contributed by atoms with E-state index in [9.17, 15) is 28.1 Å². The van der Waals surface area contributed by atoms with E-state index < -0.39 is 28.3 Å². The van der Waals surface area contributed by atoms with Crippen molar-refractivity contribution >= 4 is 17.3 Å². The number of nitrogens with one attached hydrogen (secondary N) is 1. The second kappa shape index (κ2) is 7.62. The number of hydrogen-bond donors (Lipinski definition) is 1. The van der Waals surface area contributed by atoms with Gasteiger partial charge in [-0.1, -0.05) is 6.07 Å². The Kier molecular flexibility index (Phi) is 5.22. The number of alkyl halides is 3. The molecule has 0 bridgehead atoms. The summed E-state index contributed by atoms with van der Waals surface area (Å²) >= 11 is 0. The maximum absolute atomic E-state index is 12.8. The Morgan fingerprint density at radius 3 is 2.59 bits per heavy atom. The molecule has 0 saturated carbocycles. The number of rotatable bonds is 5. The third kappa shape index (κ3) is 4.89. The zero-order valence-electron chi connectivity index (χ0n) is 14.8. The lowest BCUT2D eigenvalue weighted by Crippen LogP contribution is -2.11. The smallest absolute Gasteiger partial charge is 0.416 e. The zero-order valence-corrected chi connectivity index (χ0v) is 14.8. The van der Waals surface area contributed by atoms with Crippen molar-refractivity contribution in [2.75, 3.05) is 5.32 Å². The first-order valence-corrected chi connectivity index (χ1v) is 8.06. The van der Waals surface area contributed by atoms with Crippen molar-refractivity contribution in [2.24, 2.45) is 7.05 Å². The molecule has 150 valence electrons. The number of nitrogens with zero attached hydrogens (tertiary/aromatic N) is 3. The van der Waals surface area contributed by atoms with Gasteiger partial charge in [-0.2, -0.15) is 18.3 Å².